The number of methoxy groups -OCH3 is 1. The van der Waals surface area contributed by atoms with Crippen molar-refractivity contribution in [1.82, 2.24) is 9.80 Å². The molecular weight excluding hydrogens is 436 g/mol. The Balaban J connectivity index is 1.60. The molecule has 0 atom stereocenters. The molecule has 11 heteroatoms. The van der Waals surface area contributed by atoms with Gasteiger partial charge >= 0.3 is 6.03 Å². The number of hydrogen-bond donors (Lipinski definition) is 2. The van der Waals surface area contributed by atoms with Gasteiger partial charge in [-0.2, -0.15) is 0 Å². The molecule has 3 rings (SSSR count). The van der Waals surface area contributed by atoms with E-state index >= 15 is 0 Å². The fourth-order valence-corrected chi connectivity index (χ4v) is 4.07. The average Bonchev–Trinajstić information content (AvgIpc) is 3.12. The predicted octanol–water partition coefficient (Wildman–Crippen LogP) is 2.66. The van der Waals surface area contributed by atoms with E-state index in [2.05, 4.69) is 10.0 Å². The Labute approximate surface area is 187 Å². The van der Waals surface area contributed by atoms with Gasteiger partial charge in [-0.1, -0.05) is 0 Å². The third-order valence-electron chi connectivity index (χ3n) is 5.22. The van der Waals surface area contributed by atoms with Gasteiger partial charge in [-0.3, -0.25) is 9.52 Å². The second-order valence-corrected chi connectivity index (χ2v) is 9.47. The molecule has 0 bridgehead atoms. The summed E-state index contributed by atoms with van der Waals surface area (Å²) in [7, 11) is -2.03. The summed E-state index contributed by atoms with van der Waals surface area (Å²) in [5, 5.41) is 2.79. The second-order valence-electron chi connectivity index (χ2n) is 7.46. The number of amides is 3. The Morgan fingerprint density at radius 1 is 1.09 bits per heavy atom. The van der Waals surface area contributed by atoms with Crippen LogP contribution in [0.4, 0.5) is 16.2 Å². The highest BCUT2D eigenvalue weighted by molar-refractivity contribution is 7.92. The summed E-state index contributed by atoms with van der Waals surface area (Å²) in [5.41, 5.74) is 1.31. The standard InChI is InChI=1S/C21H28N4O6S/c1-5-32(28,29)23-18-7-6-16(13-19(18)30-4)22-21(27)25-10-8-24(9-11-25)20(26)17-12-14(2)31-15(17)3/h6-7,12-13,23H,5,8-11H2,1-4H3,(H,22,27). The first kappa shape index (κ1) is 23.5. The van der Waals surface area contributed by atoms with Crippen molar-refractivity contribution in [3.63, 3.8) is 0 Å². The Hall–Kier alpha value is -3.21. The van der Waals surface area contributed by atoms with Crippen molar-refractivity contribution in [3.05, 3.63) is 41.3 Å². The van der Waals surface area contributed by atoms with Gasteiger partial charge in [0.05, 0.1) is 24.1 Å². The van der Waals surface area contributed by atoms with Crippen LogP contribution in [0.2, 0.25) is 0 Å². The number of nitrogens with one attached hydrogen (secondary N) is 2. The number of carbonyl (C=O) groups is 2. The zero-order chi connectivity index (χ0) is 23.5. The van der Waals surface area contributed by atoms with Crippen molar-refractivity contribution in [2.45, 2.75) is 20.8 Å². The molecule has 1 aromatic heterocycles. The minimum Gasteiger partial charge on any atom is -0.494 e. The molecule has 0 saturated carbocycles. The van der Waals surface area contributed by atoms with Crippen LogP contribution in [-0.4, -0.2) is 69.2 Å². The zero-order valence-electron chi connectivity index (χ0n) is 18.6. The molecule has 1 aliphatic heterocycles. The van der Waals surface area contributed by atoms with Crippen LogP contribution in [0, 0.1) is 13.8 Å². The number of nitrogens with zero attached hydrogens (tertiary/aromatic N) is 2. The number of anilines is 2. The summed E-state index contributed by atoms with van der Waals surface area (Å²) in [5.74, 6) is 1.40. The van der Waals surface area contributed by atoms with Gasteiger partial charge in [-0.05, 0) is 39.0 Å². The summed E-state index contributed by atoms with van der Waals surface area (Å²) in [6, 6.07) is 6.10. The third kappa shape index (κ3) is 5.34. The predicted molar refractivity (Wildman–Crippen MR) is 121 cm³/mol. The summed E-state index contributed by atoms with van der Waals surface area (Å²) in [4.78, 5) is 28.7. The van der Waals surface area contributed by atoms with Crippen molar-refractivity contribution in [2.24, 2.45) is 0 Å². The molecule has 2 heterocycles. The molecule has 3 amide bonds. The number of benzene rings is 1. The number of carbonyl (C=O) groups excluding carboxylic acids is 2. The molecule has 0 spiro atoms. The largest absolute Gasteiger partial charge is 0.494 e. The molecule has 1 aliphatic rings. The molecule has 1 aromatic carbocycles. The lowest BCUT2D eigenvalue weighted by molar-refractivity contribution is 0.0670. The zero-order valence-corrected chi connectivity index (χ0v) is 19.4. The molecule has 0 radical (unpaired) electrons. The van der Waals surface area contributed by atoms with Crippen molar-refractivity contribution in [3.8, 4) is 5.75 Å². The van der Waals surface area contributed by atoms with Gasteiger partial charge in [0.15, 0.2) is 0 Å². The van der Waals surface area contributed by atoms with E-state index < -0.39 is 10.0 Å². The second kappa shape index (κ2) is 9.51. The smallest absolute Gasteiger partial charge is 0.321 e. The maximum atomic E-state index is 12.7. The number of aryl methyl sites for hydroxylation is 2. The minimum atomic E-state index is -3.46. The Morgan fingerprint density at radius 3 is 2.31 bits per heavy atom. The molecule has 32 heavy (non-hydrogen) atoms. The highest BCUT2D eigenvalue weighted by Gasteiger charge is 2.27. The number of hydrogen-bond acceptors (Lipinski definition) is 6. The van der Waals surface area contributed by atoms with Gasteiger partial charge in [0.1, 0.15) is 17.3 Å². The number of sulfonamides is 1. The van der Waals surface area contributed by atoms with E-state index in [1.807, 2.05) is 0 Å². The fourth-order valence-electron chi connectivity index (χ4n) is 3.42. The summed E-state index contributed by atoms with van der Waals surface area (Å²) in [6.07, 6.45) is 0. The average molecular weight is 465 g/mol. The molecule has 2 N–H and O–H groups in total. The van der Waals surface area contributed by atoms with Crippen LogP contribution in [0.25, 0.3) is 0 Å². The quantitative estimate of drug-likeness (QED) is 0.678. The van der Waals surface area contributed by atoms with Crippen molar-refractivity contribution >= 4 is 33.3 Å². The molecule has 2 aromatic rings. The molecular formula is C21H28N4O6S. The monoisotopic (exact) mass is 464 g/mol. The molecule has 174 valence electrons. The number of ether oxygens (including phenoxy) is 1. The van der Waals surface area contributed by atoms with Crippen LogP contribution >= 0.6 is 0 Å². The number of furan rings is 1. The van der Waals surface area contributed by atoms with E-state index in [1.165, 1.54) is 20.1 Å². The first-order valence-electron chi connectivity index (χ1n) is 10.2. The SMILES string of the molecule is CCS(=O)(=O)Nc1ccc(NC(=O)N2CCN(C(=O)c3cc(C)oc3C)CC2)cc1OC. The summed E-state index contributed by atoms with van der Waals surface area (Å²) >= 11 is 0. The van der Waals surface area contributed by atoms with Gasteiger partial charge < -0.3 is 24.3 Å². The van der Waals surface area contributed by atoms with E-state index in [1.54, 1.807) is 41.8 Å². The Morgan fingerprint density at radius 2 is 1.75 bits per heavy atom. The molecule has 1 saturated heterocycles. The van der Waals surface area contributed by atoms with Crippen molar-refractivity contribution < 1.29 is 27.2 Å². The molecule has 1 fully saturated rings. The lowest BCUT2D eigenvalue weighted by atomic mass is 10.2. The van der Waals surface area contributed by atoms with E-state index in [0.29, 0.717) is 60.4 Å². The van der Waals surface area contributed by atoms with Crippen LogP contribution in [0.1, 0.15) is 28.8 Å². The van der Waals surface area contributed by atoms with E-state index in [-0.39, 0.29) is 17.7 Å². The summed E-state index contributed by atoms with van der Waals surface area (Å²) in [6.45, 7) is 6.70. The van der Waals surface area contributed by atoms with E-state index in [4.69, 9.17) is 9.15 Å². The highest BCUT2D eigenvalue weighted by Crippen LogP contribution is 2.29. The Kier molecular flexibility index (Phi) is 6.97. The molecule has 0 unspecified atom stereocenters. The first-order valence-corrected chi connectivity index (χ1v) is 11.9. The summed E-state index contributed by atoms with van der Waals surface area (Å²) < 4.78 is 36.8. The van der Waals surface area contributed by atoms with E-state index in [9.17, 15) is 18.0 Å². The minimum absolute atomic E-state index is 0.0666. The van der Waals surface area contributed by atoms with Crippen LogP contribution in [0.15, 0.2) is 28.7 Å². The van der Waals surface area contributed by atoms with Crippen molar-refractivity contribution in [2.75, 3.05) is 49.1 Å². The lowest BCUT2D eigenvalue weighted by Crippen LogP contribution is -2.51. The van der Waals surface area contributed by atoms with Crippen LogP contribution in [0.3, 0.4) is 0 Å². The normalized spacial score (nSPS) is 14.2. The van der Waals surface area contributed by atoms with Gasteiger partial charge in [-0.15, -0.1) is 0 Å². The number of urea groups is 1. The first-order chi connectivity index (χ1) is 15.1. The van der Waals surface area contributed by atoms with Gasteiger partial charge in [0.25, 0.3) is 5.91 Å². The Bertz CT molecular complexity index is 1100. The number of rotatable bonds is 6. The fraction of sp³-hybridized carbons (Fsp3) is 0.429. The maximum absolute atomic E-state index is 12.7. The van der Waals surface area contributed by atoms with E-state index in [0.717, 1.165) is 0 Å². The third-order valence-corrected chi connectivity index (χ3v) is 6.51. The van der Waals surface area contributed by atoms with Gasteiger partial charge in [-0.25, -0.2) is 13.2 Å². The van der Waals surface area contributed by atoms with Gasteiger partial charge in [0, 0.05) is 37.9 Å². The topological polar surface area (TPSA) is 121 Å². The maximum Gasteiger partial charge on any atom is 0.321 e. The molecule has 10 nitrogen and oxygen atoms in total. The van der Waals surface area contributed by atoms with Crippen LogP contribution in [0.5, 0.6) is 5.75 Å². The van der Waals surface area contributed by atoms with Gasteiger partial charge in [0.2, 0.25) is 10.0 Å². The number of piperazine rings is 1. The van der Waals surface area contributed by atoms with Crippen molar-refractivity contribution in [1.29, 1.82) is 0 Å². The highest BCUT2D eigenvalue weighted by atomic mass is 32.2. The lowest BCUT2D eigenvalue weighted by Gasteiger charge is -2.34. The van der Waals surface area contributed by atoms with Crippen LogP contribution < -0.4 is 14.8 Å². The molecule has 0 aliphatic carbocycles. The van der Waals surface area contributed by atoms with Crippen LogP contribution in [-0.2, 0) is 10.0 Å².